The Labute approximate surface area is 197 Å². The van der Waals surface area contributed by atoms with E-state index in [9.17, 15) is 9.59 Å². The quantitative estimate of drug-likeness (QED) is 0.374. The summed E-state index contributed by atoms with van der Waals surface area (Å²) in [6, 6.07) is 15.4. The van der Waals surface area contributed by atoms with Gasteiger partial charge in [-0.1, -0.05) is 56.2 Å². The highest BCUT2D eigenvalue weighted by Gasteiger charge is 2.27. The fraction of sp³-hybridized carbons (Fsp3) is 0.429. The van der Waals surface area contributed by atoms with Gasteiger partial charge < -0.3 is 15.4 Å². The van der Waals surface area contributed by atoms with E-state index in [4.69, 9.17) is 10.5 Å². The number of ether oxygens (including phenoxy) is 1. The number of hydrogen-bond acceptors (Lipinski definition) is 4. The van der Waals surface area contributed by atoms with Gasteiger partial charge in [0.2, 0.25) is 5.91 Å². The molecule has 2 aromatic rings. The lowest BCUT2D eigenvalue weighted by atomic mass is 9.84. The van der Waals surface area contributed by atoms with E-state index in [1.165, 1.54) is 19.3 Å². The van der Waals surface area contributed by atoms with Crippen LogP contribution in [0.1, 0.15) is 79.8 Å². The minimum absolute atomic E-state index is 0.322. The average molecular weight is 449 g/mol. The Hall–Kier alpha value is -3.08. The van der Waals surface area contributed by atoms with Gasteiger partial charge in [0.1, 0.15) is 0 Å². The molecule has 0 saturated carbocycles. The lowest BCUT2D eigenvalue weighted by molar-refractivity contribution is -0.118. The first kappa shape index (κ1) is 24.6. The molecule has 1 atom stereocenters. The van der Waals surface area contributed by atoms with E-state index in [2.05, 4.69) is 36.1 Å². The maximum atomic E-state index is 12.8. The summed E-state index contributed by atoms with van der Waals surface area (Å²) in [5.41, 5.74) is 10.4. The molecule has 1 aliphatic rings. The Morgan fingerprint density at radius 1 is 1.03 bits per heavy atom. The van der Waals surface area contributed by atoms with Crippen molar-refractivity contribution in [2.24, 2.45) is 5.73 Å². The number of piperidine rings is 1. The summed E-state index contributed by atoms with van der Waals surface area (Å²) < 4.78 is 5.09. The zero-order chi connectivity index (χ0) is 23.6. The minimum Gasteiger partial charge on any atom is -0.462 e. The number of rotatable bonds is 10. The Morgan fingerprint density at radius 3 is 2.36 bits per heavy atom. The number of amides is 1. The van der Waals surface area contributed by atoms with Gasteiger partial charge in [0, 0.05) is 24.3 Å². The van der Waals surface area contributed by atoms with Crippen LogP contribution in [0.3, 0.4) is 0 Å². The molecule has 1 saturated heterocycles. The molecule has 1 aliphatic heterocycles. The lowest BCUT2D eigenvalue weighted by Crippen LogP contribution is -2.31. The number of anilines is 1. The topological polar surface area (TPSA) is 72.6 Å². The van der Waals surface area contributed by atoms with Crippen LogP contribution in [0, 0.1) is 0 Å². The van der Waals surface area contributed by atoms with Gasteiger partial charge in [-0.2, -0.15) is 0 Å². The van der Waals surface area contributed by atoms with Crippen LogP contribution >= 0.6 is 0 Å². The molecule has 2 N–H and O–H groups in total. The maximum Gasteiger partial charge on any atom is 0.338 e. The molecule has 3 rings (SSSR count). The Kier molecular flexibility index (Phi) is 9.11. The highest BCUT2D eigenvalue weighted by Crippen LogP contribution is 2.38. The third-order valence-corrected chi connectivity index (χ3v) is 6.18. The van der Waals surface area contributed by atoms with Crippen LogP contribution in [0.4, 0.5) is 5.69 Å². The molecule has 0 aromatic heterocycles. The zero-order valence-electron chi connectivity index (χ0n) is 19.9. The molecule has 5 nitrogen and oxygen atoms in total. The van der Waals surface area contributed by atoms with Gasteiger partial charge in [0.15, 0.2) is 0 Å². The first-order valence-corrected chi connectivity index (χ1v) is 12.2. The van der Waals surface area contributed by atoms with E-state index in [1.54, 1.807) is 19.1 Å². The molecule has 1 fully saturated rings. The van der Waals surface area contributed by atoms with Crippen molar-refractivity contribution >= 4 is 23.1 Å². The number of nitrogens with two attached hydrogens (primary N) is 1. The van der Waals surface area contributed by atoms with Crippen molar-refractivity contribution in [2.75, 3.05) is 24.6 Å². The largest absolute Gasteiger partial charge is 0.462 e. The van der Waals surface area contributed by atoms with Crippen molar-refractivity contribution in [1.82, 2.24) is 0 Å². The second-order valence-corrected chi connectivity index (χ2v) is 8.54. The zero-order valence-corrected chi connectivity index (χ0v) is 19.9. The van der Waals surface area contributed by atoms with Crippen molar-refractivity contribution in [3.63, 3.8) is 0 Å². The summed E-state index contributed by atoms with van der Waals surface area (Å²) in [4.78, 5) is 27.3. The van der Waals surface area contributed by atoms with E-state index in [0.717, 1.165) is 54.7 Å². The van der Waals surface area contributed by atoms with Gasteiger partial charge in [-0.05, 0) is 61.9 Å². The normalized spacial score (nSPS) is 15.2. The Balaban J connectivity index is 2.04. The summed E-state index contributed by atoms with van der Waals surface area (Å²) in [5, 5.41) is 0. The second-order valence-electron chi connectivity index (χ2n) is 8.54. The second kappa shape index (κ2) is 12.2. The fourth-order valence-corrected chi connectivity index (χ4v) is 4.50. The highest BCUT2D eigenvalue weighted by molar-refractivity contribution is 5.99. The monoisotopic (exact) mass is 448 g/mol. The molecule has 0 aliphatic carbocycles. The smallest absolute Gasteiger partial charge is 0.338 e. The lowest BCUT2D eigenvalue weighted by Gasteiger charge is -2.32. The number of hydrogen-bond donors (Lipinski definition) is 1. The number of primary amides is 1. The molecule has 0 radical (unpaired) electrons. The standard InChI is InChI=1S/C28H36N2O3/c1-3-5-7-13-24(23-12-8-9-14-25(23)30-19-10-6-11-20-30)26(27(29)31)21-15-17-22(18-16-21)28(32)33-4-2/h8-9,12-18,26H,3-7,10-11,19-20H2,1-2H3,(H2,29,31)/b24-13+. The highest BCUT2D eigenvalue weighted by atomic mass is 16.5. The van der Waals surface area contributed by atoms with E-state index < -0.39 is 11.8 Å². The van der Waals surface area contributed by atoms with Crippen LogP contribution in [0.25, 0.3) is 5.57 Å². The maximum absolute atomic E-state index is 12.8. The molecule has 0 spiro atoms. The van der Waals surface area contributed by atoms with E-state index in [0.29, 0.717) is 12.2 Å². The van der Waals surface area contributed by atoms with Crippen LogP contribution in [-0.2, 0) is 9.53 Å². The molecule has 5 heteroatoms. The number of carbonyl (C=O) groups is 2. The van der Waals surface area contributed by atoms with E-state index >= 15 is 0 Å². The number of allylic oxidation sites excluding steroid dienone is 1. The summed E-state index contributed by atoms with van der Waals surface area (Å²) in [6.45, 7) is 6.31. The Morgan fingerprint density at radius 2 is 1.73 bits per heavy atom. The summed E-state index contributed by atoms with van der Waals surface area (Å²) in [5.74, 6) is -1.35. The molecular formula is C28H36N2O3. The van der Waals surface area contributed by atoms with Crippen molar-refractivity contribution in [1.29, 1.82) is 0 Å². The number of para-hydroxylation sites is 1. The van der Waals surface area contributed by atoms with Gasteiger partial charge in [0.05, 0.1) is 18.1 Å². The summed E-state index contributed by atoms with van der Waals surface area (Å²) in [6.07, 6.45) is 8.80. The SMILES string of the molecule is CCCC/C=C(\c1ccccc1N1CCCCC1)C(C(N)=O)c1ccc(C(=O)OCC)cc1. The number of nitrogens with zero attached hydrogens (tertiary/aromatic N) is 1. The van der Waals surface area contributed by atoms with Gasteiger partial charge in [-0.3, -0.25) is 4.79 Å². The molecule has 176 valence electrons. The molecular weight excluding hydrogens is 412 g/mol. The molecule has 0 bridgehead atoms. The van der Waals surface area contributed by atoms with Crippen molar-refractivity contribution in [3.8, 4) is 0 Å². The molecule has 1 unspecified atom stereocenters. The third kappa shape index (κ3) is 6.25. The predicted octanol–water partition coefficient (Wildman–Crippen LogP) is 5.70. The summed E-state index contributed by atoms with van der Waals surface area (Å²) in [7, 11) is 0. The van der Waals surface area contributed by atoms with Crippen LogP contribution in [-0.4, -0.2) is 31.6 Å². The first-order valence-electron chi connectivity index (χ1n) is 12.2. The molecule has 1 heterocycles. The minimum atomic E-state index is -0.593. The van der Waals surface area contributed by atoms with Crippen LogP contribution in [0.2, 0.25) is 0 Å². The number of benzene rings is 2. The number of carbonyl (C=O) groups excluding carboxylic acids is 2. The van der Waals surface area contributed by atoms with Crippen LogP contribution in [0.5, 0.6) is 0 Å². The first-order chi connectivity index (χ1) is 16.1. The fourth-order valence-electron chi connectivity index (χ4n) is 4.50. The average Bonchev–Trinajstić information content (AvgIpc) is 2.84. The Bertz CT molecular complexity index is 959. The van der Waals surface area contributed by atoms with Gasteiger partial charge >= 0.3 is 5.97 Å². The van der Waals surface area contributed by atoms with Gasteiger partial charge in [-0.25, -0.2) is 4.79 Å². The van der Waals surface area contributed by atoms with Crippen molar-refractivity contribution in [2.45, 2.75) is 58.3 Å². The molecule has 33 heavy (non-hydrogen) atoms. The van der Waals surface area contributed by atoms with Gasteiger partial charge in [0.25, 0.3) is 0 Å². The van der Waals surface area contributed by atoms with Crippen molar-refractivity contribution < 1.29 is 14.3 Å². The number of esters is 1. The molecule has 1 amide bonds. The molecule has 2 aromatic carbocycles. The van der Waals surface area contributed by atoms with Gasteiger partial charge in [-0.15, -0.1) is 0 Å². The van der Waals surface area contributed by atoms with Crippen molar-refractivity contribution in [3.05, 3.63) is 71.3 Å². The van der Waals surface area contributed by atoms with E-state index in [1.807, 2.05) is 18.2 Å². The third-order valence-electron chi connectivity index (χ3n) is 6.18. The van der Waals surface area contributed by atoms with Crippen LogP contribution < -0.4 is 10.6 Å². The van der Waals surface area contributed by atoms with E-state index in [-0.39, 0.29) is 5.97 Å². The summed E-state index contributed by atoms with van der Waals surface area (Å²) >= 11 is 0. The predicted molar refractivity (Wildman–Crippen MR) is 134 cm³/mol. The number of unbranched alkanes of at least 4 members (excludes halogenated alkanes) is 2. The van der Waals surface area contributed by atoms with Crippen LogP contribution in [0.15, 0.2) is 54.6 Å².